The zero-order chi connectivity index (χ0) is 29.8. The Morgan fingerprint density at radius 2 is 1.85 bits per heavy atom. The van der Waals surface area contributed by atoms with Crippen molar-refractivity contribution in [2.24, 2.45) is 23.2 Å². The van der Waals surface area contributed by atoms with Crippen LogP contribution in [0.2, 0.25) is 0 Å². The van der Waals surface area contributed by atoms with E-state index in [1.165, 1.54) is 11.8 Å². The molecule has 2 heterocycles. The molecule has 0 spiro atoms. The van der Waals surface area contributed by atoms with E-state index >= 15 is 0 Å². The Balaban J connectivity index is 1.52. The minimum atomic E-state index is -5.21. The number of hydrogen-bond donors (Lipinski definition) is 3. The summed E-state index contributed by atoms with van der Waals surface area (Å²) < 4.78 is 45.2. The summed E-state index contributed by atoms with van der Waals surface area (Å²) in [6.07, 6.45) is -3.59. The molecule has 13 heteroatoms. The molecule has 0 aromatic carbocycles. The molecule has 0 unspecified atom stereocenters. The van der Waals surface area contributed by atoms with Crippen molar-refractivity contribution in [1.29, 1.82) is 5.26 Å². The van der Waals surface area contributed by atoms with Gasteiger partial charge in [0, 0.05) is 18.0 Å². The first-order valence-corrected chi connectivity index (χ1v) is 13.8. The van der Waals surface area contributed by atoms with E-state index in [0.29, 0.717) is 19.3 Å². The molecule has 0 aromatic rings. The molecule has 0 radical (unpaired) electrons. The third-order valence-electron chi connectivity index (χ3n) is 9.08. The van der Waals surface area contributed by atoms with Crippen LogP contribution in [-0.2, 0) is 23.9 Å². The van der Waals surface area contributed by atoms with Crippen molar-refractivity contribution < 1.29 is 37.1 Å². The first kappa shape index (κ1) is 30.1. The highest BCUT2D eigenvalue weighted by Gasteiger charge is 2.70. The molecule has 2 saturated heterocycles. The maximum absolute atomic E-state index is 13.7. The van der Waals surface area contributed by atoms with E-state index in [9.17, 15) is 37.6 Å². The lowest BCUT2D eigenvalue weighted by molar-refractivity contribution is -0.177. The molecule has 2 aliphatic heterocycles. The summed E-state index contributed by atoms with van der Waals surface area (Å²) in [7, 11) is 0. The van der Waals surface area contributed by atoms with Gasteiger partial charge in [0.1, 0.15) is 18.1 Å². The SMILES string of the molecule is C[C@@H](OC1CCC1)[C@H](NC(=O)C(F)(F)F)C(=O)N1C[C@H]2[C@@H]([C@H]1C(=O)N[C@H](C#N)C[C@@H]1CC(C)(C)NC1=O)C2(C)C. The molecular weight excluding hydrogens is 531 g/mol. The topological polar surface area (TPSA) is 141 Å². The van der Waals surface area contributed by atoms with Gasteiger partial charge in [0.15, 0.2) is 0 Å². The lowest BCUT2D eigenvalue weighted by Crippen LogP contribution is -2.61. The summed E-state index contributed by atoms with van der Waals surface area (Å²) in [5.74, 6) is -4.73. The average Bonchev–Trinajstić information content (AvgIpc) is 3.11. The minimum absolute atomic E-state index is 0.0732. The van der Waals surface area contributed by atoms with E-state index in [-0.39, 0.29) is 42.2 Å². The fourth-order valence-electron chi connectivity index (χ4n) is 6.56. The average molecular weight is 570 g/mol. The van der Waals surface area contributed by atoms with Gasteiger partial charge in [-0.1, -0.05) is 13.8 Å². The van der Waals surface area contributed by atoms with Crippen LogP contribution in [0.4, 0.5) is 13.2 Å². The molecule has 4 fully saturated rings. The molecule has 10 nitrogen and oxygen atoms in total. The highest BCUT2D eigenvalue weighted by molar-refractivity contribution is 5.95. The smallest absolute Gasteiger partial charge is 0.373 e. The van der Waals surface area contributed by atoms with Crippen LogP contribution in [0.3, 0.4) is 0 Å². The third kappa shape index (κ3) is 5.92. The van der Waals surface area contributed by atoms with Crippen LogP contribution in [0.25, 0.3) is 0 Å². The second-order valence-corrected chi connectivity index (χ2v) is 12.9. The predicted octanol–water partition coefficient (Wildman–Crippen LogP) is 1.79. The Morgan fingerprint density at radius 3 is 2.35 bits per heavy atom. The van der Waals surface area contributed by atoms with Gasteiger partial charge >= 0.3 is 12.1 Å². The first-order valence-electron chi connectivity index (χ1n) is 13.8. The summed E-state index contributed by atoms with van der Waals surface area (Å²) in [5.41, 5.74) is -0.727. The number of likely N-dealkylation sites (tertiary alicyclic amines) is 1. The summed E-state index contributed by atoms with van der Waals surface area (Å²) in [6.45, 7) is 9.19. The molecule has 4 aliphatic rings. The van der Waals surface area contributed by atoms with Crippen molar-refractivity contribution >= 4 is 23.6 Å². The summed E-state index contributed by atoms with van der Waals surface area (Å²) in [4.78, 5) is 52.8. The van der Waals surface area contributed by atoms with Crippen LogP contribution in [0.5, 0.6) is 0 Å². The van der Waals surface area contributed by atoms with E-state index in [2.05, 4.69) is 10.6 Å². The number of carbonyl (C=O) groups excluding carboxylic acids is 4. The zero-order valence-electron chi connectivity index (χ0n) is 23.4. The maximum Gasteiger partial charge on any atom is 0.471 e. The van der Waals surface area contributed by atoms with Crippen molar-refractivity contribution in [3.05, 3.63) is 0 Å². The van der Waals surface area contributed by atoms with Crippen LogP contribution in [-0.4, -0.2) is 77.1 Å². The van der Waals surface area contributed by atoms with Crippen LogP contribution in [0.15, 0.2) is 0 Å². The van der Waals surface area contributed by atoms with E-state index in [1.54, 1.807) is 5.32 Å². The number of piperidine rings is 1. The van der Waals surface area contributed by atoms with Gasteiger partial charge in [0.25, 0.3) is 0 Å². The lowest BCUT2D eigenvalue weighted by Gasteiger charge is -2.37. The number of nitriles is 1. The number of fused-ring (bicyclic) bond motifs is 1. The fraction of sp³-hybridized carbons (Fsp3) is 0.815. The van der Waals surface area contributed by atoms with E-state index < -0.39 is 59.6 Å². The molecule has 4 rings (SSSR count). The normalized spacial score (nSPS) is 30.7. The molecule has 7 atom stereocenters. The van der Waals surface area contributed by atoms with Gasteiger partial charge in [-0.25, -0.2) is 0 Å². The molecule has 2 saturated carbocycles. The number of hydrogen-bond acceptors (Lipinski definition) is 6. The Kier molecular flexibility index (Phi) is 7.90. The highest BCUT2D eigenvalue weighted by Crippen LogP contribution is 2.65. The summed E-state index contributed by atoms with van der Waals surface area (Å²) in [5, 5.41) is 17.1. The van der Waals surface area contributed by atoms with Crippen LogP contribution >= 0.6 is 0 Å². The van der Waals surface area contributed by atoms with Crippen molar-refractivity contribution in [3.8, 4) is 6.07 Å². The van der Waals surface area contributed by atoms with Gasteiger partial charge < -0.3 is 25.6 Å². The number of ether oxygens (including phenoxy) is 1. The molecule has 0 aromatic heterocycles. The number of nitrogens with zero attached hydrogens (tertiary/aromatic N) is 2. The fourth-order valence-corrected chi connectivity index (χ4v) is 6.56. The Bertz CT molecular complexity index is 1100. The van der Waals surface area contributed by atoms with E-state index in [1.807, 2.05) is 33.8 Å². The second kappa shape index (κ2) is 10.5. The monoisotopic (exact) mass is 569 g/mol. The van der Waals surface area contributed by atoms with Crippen molar-refractivity contribution in [2.75, 3.05) is 6.54 Å². The molecule has 0 bridgehead atoms. The van der Waals surface area contributed by atoms with Gasteiger partial charge in [0.05, 0.1) is 18.3 Å². The highest BCUT2D eigenvalue weighted by atomic mass is 19.4. The minimum Gasteiger partial charge on any atom is -0.373 e. The van der Waals surface area contributed by atoms with Gasteiger partial charge in [-0.05, 0) is 70.1 Å². The first-order chi connectivity index (χ1) is 18.5. The Morgan fingerprint density at radius 1 is 1.20 bits per heavy atom. The largest absolute Gasteiger partial charge is 0.471 e. The third-order valence-corrected chi connectivity index (χ3v) is 9.08. The molecular formula is C27H38F3N5O5. The molecule has 4 amide bonds. The Hall–Kier alpha value is -2.88. The quantitative estimate of drug-likeness (QED) is 0.387. The molecule has 222 valence electrons. The number of amides is 4. The lowest BCUT2D eigenvalue weighted by atomic mass is 9.91. The summed E-state index contributed by atoms with van der Waals surface area (Å²) >= 11 is 0. The molecule has 40 heavy (non-hydrogen) atoms. The number of alkyl halides is 3. The van der Waals surface area contributed by atoms with Gasteiger partial charge in [-0.15, -0.1) is 0 Å². The van der Waals surface area contributed by atoms with Gasteiger partial charge in [-0.3, -0.25) is 19.2 Å². The Labute approximate surface area is 231 Å². The van der Waals surface area contributed by atoms with Gasteiger partial charge in [-0.2, -0.15) is 18.4 Å². The number of nitrogens with one attached hydrogen (secondary N) is 3. The van der Waals surface area contributed by atoms with E-state index in [0.717, 1.165) is 6.42 Å². The molecule has 3 N–H and O–H groups in total. The number of halogens is 3. The van der Waals surface area contributed by atoms with E-state index in [4.69, 9.17) is 4.74 Å². The van der Waals surface area contributed by atoms with Crippen molar-refractivity contribution in [2.45, 2.75) is 109 Å². The number of carbonyl (C=O) groups is 4. The van der Waals surface area contributed by atoms with Gasteiger partial charge in [0.2, 0.25) is 17.7 Å². The predicted molar refractivity (Wildman–Crippen MR) is 135 cm³/mol. The second-order valence-electron chi connectivity index (χ2n) is 12.9. The van der Waals surface area contributed by atoms with Crippen LogP contribution in [0, 0.1) is 34.5 Å². The molecule has 2 aliphatic carbocycles. The van der Waals surface area contributed by atoms with Crippen LogP contribution < -0.4 is 16.0 Å². The summed E-state index contributed by atoms with van der Waals surface area (Å²) in [6, 6.07) is -1.67. The van der Waals surface area contributed by atoms with Crippen molar-refractivity contribution in [3.63, 3.8) is 0 Å². The maximum atomic E-state index is 13.7. The van der Waals surface area contributed by atoms with Crippen molar-refractivity contribution in [1.82, 2.24) is 20.9 Å². The standard InChI is InChI=1S/C27H38F3N5O5/c1-13(40-16-7-6-8-16)19(33-24(39)27(28,29)30)23(38)35-12-17-18(26(17,4)5)20(35)22(37)32-15(11-31)9-14-10-25(2,3)34-21(14)36/h13-20H,6-10,12H2,1-5H3,(H,32,37)(H,33,39)(H,34,36)/t13-,14-,15+,17+,18+,19+,20+/m1/s1. The van der Waals surface area contributed by atoms with Crippen LogP contribution in [0.1, 0.15) is 66.7 Å². The zero-order valence-corrected chi connectivity index (χ0v) is 23.4. The number of rotatable bonds is 9.